The van der Waals surface area contributed by atoms with Crippen LogP contribution in [0.1, 0.15) is 56.0 Å². The van der Waals surface area contributed by atoms with E-state index in [2.05, 4.69) is 9.47 Å². The lowest BCUT2D eigenvalue weighted by Gasteiger charge is -2.26. The zero-order valence-electron chi connectivity index (χ0n) is 12.3. The highest BCUT2D eigenvalue weighted by atomic mass is 16.3. The number of hydrogen-bond donors (Lipinski definition) is 1. The van der Waals surface area contributed by atoms with Gasteiger partial charge in [-0.1, -0.05) is 12.8 Å². The van der Waals surface area contributed by atoms with Crippen molar-refractivity contribution in [2.45, 2.75) is 58.0 Å². The molecule has 2 aliphatic rings. The van der Waals surface area contributed by atoms with Crippen molar-refractivity contribution in [2.24, 2.45) is 0 Å². The molecular weight excluding hydrogens is 252 g/mol. The number of nitrogens with zero attached hydrogens (tertiary/aromatic N) is 2. The van der Waals surface area contributed by atoms with Crippen molar-refractivity contribution in [3.63, 3.8) is 0 Å². The molecule has 1 saturated heterocycles. The summed E-state index contributed by atoms with van der Waals surface area (Å²) in [7, 11) is 0. The van der Waals surface area contributed by atoms with Crippen LogP contribution in [0.3, 0.4) is 0 Å². The predicted octanol–water partition coefficient (Wildman–Crippen LogP) is 2.57. The minimum atomic E-state index is -0.231. The number of pyridine rings is 1. The van der Waals surface area contributed by atoms with Gasteiger partial charge in [-0.25, -0.2) is 0 Å². The molecule has 0 bridgehead atoms. The van der Waals surface area contributed by atoms with Crippen molar-refractivity contribution in [2.75, 3.05) is 13.1 Å². The van der Waals surface area contributed by atoms with Crippen molar-refractivity contribution >= 4 is 0 Å². The van der Waals surface area contributed by atoms with Crippen LogP contribution in [-0.2, 0) is 6.54 Å². The summed E-state index contributed by atoms with van der Waals surface area (Å²) >= 11 is 0. The average Bonchev–Trinajstić information content (AvgIpc) is 3.08. The molecule has 0 spiro atoms. The standard InChI is InChI=1S/C16H24N2O2/c1-12-10-15(19)16(20)14(11-17-8-4-5-9-17)18(12)13-6-2-3-7-13/h10,13,20H,2-9,11H2,1H3. The largest absolute Gasteiger partial charge is 0.503 e. The maximum atomic E-state index is 11.9. The fourth-order valence-electron chi connectivity index (χ4n) is 3.77. The van der Waals surface area contributed by atoms with Crippen LogP contribution in [0.2, 0.25) is 0 Å². The van der Waals surface area contributed by atoms with Gasteiger partial charge in [0.25, 0.3) is 0 Å². The second-order valence-corrected chi connectivity index (χ2v) is 6.24. The van der Waals surface area contributed by atoms with E-state index in [1.807, 2.05) is 6.92 Å². The SMILES string of the molecule is Cc1cc(=O)c(O)c(CN2CCCC2)n1C1CCCC1. The molecule has 1 saturated carbocycles. The first kappa shape index (κ1) is 13.7. The number of aromatic hydroxyl groups is 1. The van der Waals surface area contributed by atoms with E-state index in [0.29, 0.717) is 12.6 Å². The number of aromatic nitrogens is 1. The minimum Gasteiger partial charge on any atom is -0.503 e. The number of hydrogen-bond acceptors (Lipinski definition) is 3. The fourth-order valence-corrected chi connectivity index (χ4v) is 3.77. The third-order valence-corrected chi connectivity index (χ3v) is 4.78. The van der Waals surface area contributed by atoms with E-state index in [-0.39, 0.29) is 11.2 Å². The summed E-state index contributed by atoms with van der Waals surface area (Å²) in [6.45, 7) is 4.85. The summed E-state index contributed by atoms with van der Waals surface area (Å²) in [5.41, 5.74) is 1.60. The van der Waals surface area contributed by atoms with Crippen molar-refractivity contribution in [3.8, 4) is 5.75 Å². The second kappa shape index (κ2) is 5.60. The lowest BCUT2D eigenvalue weighted by molar-refractivity contribution is 0.301. The van der Waals surface area contributed by atoms with Gasteiger partial charge in [0.15, 0.2) is 5.75 Å². The Balaban J connectivity index is 2.01. The molecular formula is C16H24N2O2. The van der Waals surface area contributed by atoms with Crippen LogP contribution in [0.25, 0.3) is 0 Å². The lowest BCUT2D eigenvalue weighted by Crippen LogP contribution is -2.26. The highest BCUT2D eigenvalue weighted by Gasteiger charge is 2.24. The highest BCUT2D eigenvalue weighted by molar-refractivity contribution is 5.30. The molecule has 0 amide bonds. The van der Waals surface area contributed by atoms with E-state index in [0.717, 1.165) is 37.3 Å². The van der Waals surface area contributed by atoms with Gasteiger partial charge in [0.05, 0.1) is 5.69 Å². The predicted molar refractivity (Wildman–Crippen MR) is 79.1 cm³/mol. The molecule has 0 atom stereocenters. The second-order valence-electron chi connectivity index (χ2n) is 6.24. The zero-order valence-corrected chi connectivity index (χ0v) is 12.3. The van der Waals surface area contributed by atoms with Crippen molar-refractivity contribution in [1.29, 1.82) is 0 Å². The van der Waals surface area contributed by atoms with E-state index in [9.17, 15) is 9.90 Å². The van der Waals surface area contributed by atoms with E-state index in [4.69, 9.17) is 0 Å². The van der Waals surface area contributed by atoms with E-state index < -0.39 is 0 Å². The molecule has 1 aromatic heterocycles. The van der Waals surface area contributed by atoms with Crippen LogP contribution in [-0.4, -0.2) is 27.7 Å². The molecule has 1 aliphatic heterocycles. The van der Waals surface area contributed by atoms with Gasteiger partial charge in [-0.3, -0.25) is 9.69 Å². The summed E-state index contributed by atoms with van der Waals surface area (Å²) in [4.78, 5) is 14.3. The molecule has 2 fully saturated rings. The Morgan fingerprint density at radius 2 is 1.85 bits per heavy atom. The summed E-state index contributed by atoms with van der Waals surface area (Å²) in [6.07, 6.45) is 7.27. The van der Waals surface area contributed by atoms with Crippen LogP contribution < -0.4 is 5.43 Å². The maximum Gasteiger partial charge on any atom is 0.223 e. The Hall–Kier alpha value is -1.29. The number of likely N-dealkylation sites (tertiary alicyclic amines) is 1. The molecule has 20 heavy (non-hydrogen) atoms. The molecule has 4 nitrogen and oxygen atoms in total. The fraction of sp³-hybridized carbons (Fsp3) is 0.688. The van der Waals surface area contributed by atoms with Crippen molar-refractivity contribution in [3.05, 3.63) is 27.7 Å². The quantitative estimate of drug-likeness (QED) is 0.923. The van der Waals surface area contributed by atoms with Crippen LogP contribution in [0.15, 0.2) is 10.9 Å². The van der Waals surface area contributed by atoms with Gasteiger partial charge < -0.3 is 9.67 Å². The molecule has 1 aromatic rings. The Kier molecular flexibility index (Phi) is 3.83. The first-order valence-corrected chi connectivity index (χ1v) is 7.83. The maximum absolute atomic E-state index is 11.9. The third-order valence-electron chi connectivity index (χ3n) is 4.78. The van der Waals surface area contributed by atoms with Gasteiger partial charge in [-0.15, -0.1) is 0 Å². The summed E-state index contributed by atoms with van der Waals surface area (Å²) in [6, 6.07) is 2.04. The summed E-state index contributed by atoms with van der Waals surface area (Å²) in [5.74, 6) is -0.0330. The van der Waals surface area contributed by atoms with Gasteiger partial charge in [-0.05, 0) is 45.7 Å². The summed E-state index contributed by atoms with van der Waals surface area (Å²) in [5, 5.41) is 10.3. The van der Waals surface area contributed by atoms with Gasteiger partial charge in [0, 0.05) is 24.3 Å². The number of aryl methyl sites for hydroxylation is 1. The topological polar surface area (TPSA) is 45.5 Å². The smallest absolute Gasteiger partial charge is 0.223 e. The third kappa shape index (κ3) is 2.49. The minimum absolute atomic E-state index is 0.0330. The Morgan fingerprint density at radius 1 is 1.20 bits per heavy atom. The van der Waals surface area contributed by atoms with Crippen LogP contribution >= 0.6 is 0 Å². The van der Waals surface area contributed by atoms with Crippen LogP contribution in [0, 0.1) is 6.92 Å². The molecule has 1 N–H and O–H groups in total. The normalized spacial score (nSPS) is 20.9. The monoisotopic (exact) mass is 276 g/mol. The molecule has 3 rings (SSSR count). The van der Waals surface area contributed by atoms with Crippen molar-refractivity contribution in [1.82, 2.24) is 9.47 Å². The Morgan fingerprint density at radius 3 is 2.50 bits per heavy atom. The molecule has 0 unspecified atom stereocenters. The van der Waals surface area contributed by atoms with Crippen LogP contribution in [0.4, 0.5) is 0 Å². The zero-order chi connectivity index (χ0) is 14.1. The van der Waals surface area contributed by atoms with Gasteiger partial charge in [-0.2, -0.15) is 0 Å². The molecule has 4 heteroatoms. The van der Waals surface area contributed by atoms with Crippen molar-refractivity contribution < 1.29 is 5.11 Å². The van der Waals surface area contributed by atoms with Gasteiger partial charge in [0.1, 0.15) is 0 Å². The number of rotatable bonds is 3. The van der Waals surface area contributed by atoms with Gasteiger partial charge in [0.2, 0.25) is 5.43 Å². The molecule has 2 heterocycles. The Bertz CT molecular complexity index is 538. The first-order chi connectivity index (χ1) is 9.66. The van der Waals surface area contributed by atoms with Gasteiger partial charge >= 0.3 is 0 Å². The molecule has 110 valence electrons. The van der Waals surface area contributed by atoms with E-state index in [1.54, 1.807) is 6.07 Å². The summed E-state index contributed by atoms with van der Waals surface area (Å²) < 4.78 is 2.24. The van der Waals surface area contributed by atoms with E-state index >= 15 is 0 Å². The average molecular weight is 276 g/mol. The molecule has 1 aliphatic carbocycles. The Labute approximate surface area is 120 Å². The first-order valence-electron chi connectivity index (χ1n) is 7.83. The van der Waals surface area contributed by atoms with Crippen LogP contribution in [0.5, 0.6) is 5.75 Å². The lowest BCUT2D eigenvalue weighted by atomic mass is 10.1. The molecule has 0 radical (unpaired) electrons. The van der Waals surface area contributed by atoms with E-state index in [1.165, 1.54) is 25.7 Å². The molecule has 0 aromatic carbocycles. The highest BCUT2D eigenvalue weighted by Crippen LogP contribution is 2.33.